The van der Waals surface area contributed by atoms with Crippen molar-refractivity contribution < 1.29 is 0 Å². The molecule has 0 aliphatic heterocycles. The first-order valence-electron chi connectivity index (χ1n) is 20.1. The first-order chi connectivity index (χ1) is 29.3. The summed E-state index contributed by atoms with van der Waals surface area (Å²) in [5, 5.41) is 13.8. The van der Waals surface area contributed by atoms with Gasteiger partial charge < -0.3 is 8.97 Å². The van der Waals surface area contributed by atoms with Crippen molar-refractivity contribution in [3.05, 3.63) is 182 Å². The van der Waals surface area contributed by atoms with Crippen LogP contribution in [0.2, 0.25) is 0 Å². The SMILES string of the molecule is c1ccc2cc(-c3nc(-c4ccc(-n5c6ccccc6c6c7c8ccc9ccccc9c8n8c9ccccc9c(cc65)c78)cc4)c4sc5ccccc5c4n3)ccc2c1. The summed E-state index contributed by atoms with van der Waals surface area (Å²) in [5.41, 5.74) is 11.4. The third-order valence-electron chi connectivity index (χ3n) is 12.6. The van der Waals surface area contributed by atoms with E-state index in [0.717, 1.165) is 43.9 Å². The van der Waals surface area contributed by atoms with Crippen LogP contribution in [0, 0.1) is 0 Å². The zero-order chi connectivity index (χ0) is 38.3. The van der Waals surface area contributed by atoms with Crippen molar-refractivity contribution in [2.45, 2.75) is 0 Å². The summed E-state index contributed by atoms with van der Waals surface area (Å²) in [6.45, 7) is 0. The minimum atomic E-state index is 0.738. The van der Waals surface area contributed by atoms with Gasteiger partial charge in [0.05, 0.1) is 43.5 Å². The zero-order valence-corrected chi connectivity index (χ0v) is 32.3. The standard InChI is InChI=1S/C54H30N4S/c1-2-13-34-29-35(22-21-31(34)11-1)54-55-49(53-50(56-54)40-17-7-10-20-46(40)59-53)33-23-26-36(27-24-33)57-44-19-9-6-16-39(44)47-45(57)30-42-38-15-5-8-18-43(38)58-51-37-14-4-3-12-32(37)25-28-41(51)48(47)52(42)58/h1-30H. The molecule has 0 amide bonds. The van der Waals surface area contributed by atoms with E-state index in [0.29, 0.717) is 0 Å². The summed E-state index contributed by atoms with van der Waals surface area (Å²) in [7, 11) is 0. The van der Waals surface area contributed by atoms with E-state index < -0.39 is 0 Å². The van der Waals surface area contributed by atoms with Crippen LogP contribution in [0.15, 0.2) is 182 Å². The molecule has 14 rings (SSSR count). The van der Waals surface area contributed by atoms with Crippen molar-refractivity contribution in [3.8, 4) is 28.3 Å². The summed E-state index contributed by atoms with van der Waals surface area (Å²) in [6.07, 6.45) is 0. The maximum absolute atomic E-state index is 5.35. The lowest BCUT2D eigenvalue weighted by Gasteiger charge is -2.11. The Labute approximate surface area is 340 Å². The van der Waals surface area contributed by atoms with Crippen LogP contribution in [0.25, 0.3) is 130 Å². The highest BCUT2D eigenvalue weighted by molar-refractivity contribution is 7.26. The van der Waals surface area contributed by atoms with Gasteiger partial charge in [0.2, 0.25) is 0 Å². The summed E-state index contributed by atoms with van der Waals surface area (Å²) >= 11 is 1.77. The number of hydrogen-bond donors (Lipinski definition) is 0. The van der Waals surface area contributed by atoms with E-state index in [1.54, 1.807) is 11.3 Å². The van der Waals surface area contributed by atoms with E-state index in [-0.39, 0.29) is 0 Å². The van der Waals surface area contributed by atoms with Gasteiger partial charge in [-0.15, -0.1) is 11.3 Å². The quantitative estimate of drug-likeness (QED) is 0.179. The van der Waals surface area contributed by atoms with Crippen molar-refractivity contribution in [1.29, 1.82) is 0 Å². The van der Waals surface area contributed by atoms with Gasteiger partial charge in [-0.25, -0.2) is 9.97 Å². The molecule has 0 fully saturated rings. The fourth-order valence-corrected chi connectivity index (χ4v) is 11.2. The highest BCUT2D eigenvalue weighted by atomic mass is 32.1. The Morgan fingerprint density at radius 2 is 1.08 bits per heavy atom. The molecule has 0 unspecified atom stereocenters. The van der Waals surface area contributed by atoms with Crippen LogP contribution < -0.4 is 0 Å². The van der Waals surface area contributed by atoms with E-state index in [2.05, 4.69) is 191 Å². The molecule has 0 radical (unpaired) electrons. The second-order valence-electron chi connectivity index (χ2n) is 15.7. The third kappa shape index (κ3) is 4.21. The lowest BCUT2D eigenvalue weighted by Crippen LogP contribution is -1.96. The van der Waals surface area contributed by atoms with Crippen LogP contribution in [-0.4, -0.2) is 18.9 Å². The lowest BCUT2D eigenvalue weighted by atomic mass is 10.00. The van der Waals surface area contributed by atoms with Gasteiger partial charge in [0, 0.05) is 64.6 Å². The first-order valence-corrected chi connectivity index (χ1v) is 20.9. The van der Waals surface area contributed by atoms with Gasteiger partial charge in [-0.2, -0.15) is 0 Å². The van der Waals surface area contributed by atoms with Crippen molar-refractivity contribution in [2.75, 3.05) is 0 Å². The number of hydrogen-bond acceptors (Lipinski definition) is 3. The lowest BCUT2D eigenvalue weighted by molar-refractivity contribution is 1.18. The maximum Gasteiger partial charge on any atom is 0.160 e. The van der Waals surface area contributed by atoms with Crippen LogP contribution in [0.1, 0.15) is 0 Å². The molecule has 4 nitrogen and oxygen atoms in total. The molecule has 272 valence electrons. The molecule has 0 aliphatic rings. The molecule has 9 aromatic carbocycles. The number of thiophene rings is 1. The van der Waals surface area contributed by atoms with Gasteiger partial charge in [0.15, 0.2) is 5.82 Å². The van der Waals surface area contributed by atoms with E-state index >= 15 is 0 Å². The molecule has 59 heavy (non-hydrogen) atoms. The average Bonchev–Trinajstić information content (AvgIpc) is 4.04. The van der Waals surface area contributed by atoms with Gasteiger partial charge in [-0.3, -0.25) is 0 Å². The third-order valence-corrected chi connectivity index (χ3v) is 13.8. The smallest absolute Gasteiger partial charge is 0.160 e. The van der Waals surface area contributed by atoms with Crippen LogP contribution in [0.5, 0.6) is 0 Å². The van der Waals surface area contributed by atoms with Gasteiger partial charge in [0.25, 0.3) is 0 Å². The monoisotopic (exact) mass is 766 g/mol. The van der Waals surface area contributed by atoms with Crippen molar-refractivity contribution in [1.82, 2.24) is 18.9 Å². The van der Waals surface area contributed by atoms with E-state index in [1.165, 1.54) is 86.1 Å². The predicted octanol–water partition coefficient (Wildman–Crippen LogP) is 14.7. The molecule has 14 aromatic rings. The average molecular weight is 767 g/mol. The summed E-state index contributed by atoms with van der Waals surface area (Å²) in [5.74, 6) is 0.738. The Morgan fingerprint density at radius 3 is 1.95 bits per heavy atom. The van der Waals surface area contributed by atoms with Crippen molar-refractivity contribution in [2.24, 2.45) is 0 Å². The number of nitrogens with zero attached hydrogens (tertiary/aromatic N) is 4. The number of benzene rings is 9. The van der Waals surface area contributed by atoms with Gasteiger partial charge in [0.1, 0.15) is 0 Å². The predicted molar refractivity (Wildman–Crippen MR) is 250 cm³/mol. The fraction of sp³-hybridized carbons (Fsp3) is 0. The Balaban J connectivity index is 1.03. The van der Waals surface area contributed by atoms with Gasteiger partial charge in [-0.05, 0) is 58.6 Å². The number of para-hydroxylation sites is 2. The molecule has 0 atom stereocenters. The fourth-order valence-electron chi connectivity index (χ4n) is 10.1. The van der Waals surface area contributed by atoms with Crippen LogP contribution in [0.3, 0.4) is 0 Å². The van der Waals surface area contributed by atoms with E-state index in [9.17, 15) is 0 Å². The first kappa shape index (κ1) is 31.5. The Hall–Kier alpha value is -7.60. The molecule has 0 aliphatic carbocycles. The zero-order valence-electron chi connectivity index (χ0n) is 31.5. The molecule has 5 aromatic heterocycles. The van der Waals surface area contributed by atoms with Gasteiger partial charge >= 0.3 is 0 Å². The normalized spacial score (nSPS) is 12.4. The molecule has 0 saturated carbocycles. The molecular formula is C54H30N4S. The Morgan fingerprint density at radius 1 is 0.407 bits per heavy atom. The Bertz CT molecular complexity index is 4070. The highest BCUT2D eigenvalue weighted by Crippen LogP contribution is 2.48. The molecule has 0 N–H and O–H groups in total. The number of aromatic nitrogens is 4. The topological polar surface area (TPSA) is 35.1 Å². The number of rotatable bonds is 3. The van der Waals surface area contributed by atoms with Crippen molar-refractivity contribution in [3.63, 3.8) is 0 Å². The molecule has 5 heterocycles. The molecule has 0 spiro atoms. The van der Waals surface area contributed by atoms with Crippen LogP contribution in [-0.2, 0) is 0 Å². The van der Waals surface area contributed by atoms with Crippen molar-refractivity contribution >= 4 is 113 Å². The minimum Gasteiger partial charge on any atom is -0.309 e. The minimum absolute atomic E-state index is 0.738. The Kier molecular flexibility index (Phi) is 6.14. The van der Waals surface area contributed by atoms with E-state index in [4.69, 9.17) is 9.97 Å². The second kappa shape index (κ2) is 11.5. The van der Waals surface area contributed by atoms with Crippen LogP contribution >= 0.6 is 11.3 Å². The summed E-state index contributed by atoms with van der Waals surface area (Å²) in [6, 6.07) is 66.3. The molecule has 5 heteroatoms. The molecule has 0 bridgehead atoms. The summed E-state index contributed by atoms with van der Waals surface area (Å²) in [4.78, 5) is 10.6. The summed E-state index contributed by atoms with van der Waals surface area (Å²) < 4.78 is 7.31. The highest BCUT2D eigenvalue weighted by Gasteiger charge is 2.25. The maximum atomic E-state index is 5.35. The van der Waals surface area contributed by atoms with Crippen LogP contribution in [0.4, 0.5) is 0 Å². The molecule has 0 saturated heterocycles. The number of fused-ring (bicyclic) bond motifs is 16. The largest absolute Gasteiger partial charge is 0.309 e. The van der Waals surface area contributed by atoms with E-state index in [1.807, 2.05) is 0 Å². The molecular weight excluding hydrogens is 737 g/mol. The second-order valence-corrected chi connectivity index (χ2v) is 16.8. The van der Waals surface area contributed by atoms with Gasteiger partial charge in [-0.1, -0.05) is 140 Å².